The molecule has 2 heterocycles. The number of benzene rings is 1. The molecule has 5 heteroatoms. The fourth-order valence-electron chi connectivity index (χ4n) is 2.34. The third-order valence-corrected chi connectivity index (χ3v) is 3.28. The van der Waals surface area contributed by atoms with Crippen LogP contribution in [-0.2, 0) is 13.1 Å². The number of anilines is 1. The first kappa shape index (κ1) is 12.6. The lowest BCUT2D eigenvalue weighted by atomic mass is 10.2. The molecule has 1 aromatic carbocycles. The van der Waals surface area contributed by atoms with E-state index in [1.54, 1.807) is 0 Å². The molecule has 0 amide bonds. The minimum atomic E-state index is 0.559. The van der Waals surface area contributed by atoms with Crippen LogP contribution in [0.5, 0.6) is 5.75 Å². The Balaban J connectivity index is 1.78. The van der Waals surface area contributed by atoms with E-state index < -0.39 is 0 Å². The summed E-state index contributed by atoms with van der Waals surface area (Å²) < 4.78 is 9.59. The smallest absolute Gasteiger partial charge is 0.145 e. The van der Waals surface area contributed by atoms with Gasteiger partial charge in [0.05, 0.1) is 13.2 Å². The molecule has 0 radical (unpaired) electrons. The van der Waals surface area contributed by atoms with E-state index in [4.69, 9.17) is 10.5 Å². The van der Waals surface area contributed by atoms with Gasteiger partial charge in [-0.05, 0) is 37.3 Å². The Morgan fingerprint density at radius 3 is 2.80 bits per heavy atom. The minimum absolute atomic E-state index is 0.559. The average molecular weight is 270 g/mol. The van der Waals surface area contributed by atoms with Gasteiger partial charge in [0.1, 0.15) is 11.6 Å². The van der Waals surface area contributed by atoms with Crippen LogP contribution < -0.4 is 10.5 Å². The molecule has 3 rings (SSSR count). The van der Waals surface area contributed by atoms with Gasteiger partial charge in [0.2, 0.25) is 0 Å². The lowest BCUT2D eigenvalue weighted by Gasteiger charge is -2.07. The molecule has 0 fully saturated rings. The first-order valence-electron chi connectivity index (χ1n) is 6.77. The Labute approximate surface area is 117 Å². The maximum Gasteiger partial charge on any atom is 0.145 e. The molecule has 0 aliphatic carbocycles. The van der Waals surface area contributed by atoms with Gasteiger partial charge >= 0.3 is 0 Å². The highest BCUT2D eigenvalue weighted by Gasteiger charge is 2.03. The summed E-state index contributed by atoms with van der Waals surface area (Å²) in [5.74, 6) is 1.47. The van der Waals surface area contributed by atoms with Crippen molar-refractivity contribution in [1.82, 2.24) is 14.3 Å². The monoisotopic (exact) mass is 270 g/mol. The number of aromatic nitrogens is 3. The number of aryl methyl sites for hydroxylation is 2. The van der Waals surface area contributed by atoms with Gasteiger partial charge in [0.15, 0.2) is 0 Å². The Kier molecular flexibility index (Phi) is 3.33. The molecule has 104 valence electrons. The third-order valence-electron chi connectivity index (χ3n) is 3.28. The minimum Gasteiger partial charge on any atom is -0.494 e. The van der Waals surface area contributed by atoms with Gasteiger partial charge in [-0.25, -0.2) is 0 Å². The molecule has 0 saturated heterocycles. The van der Waals surface area contributed by atoms with Gasteiger partial charge in [-0.3, -0.25) is 4.68 Å². The molecule has 2 N–H and O–H groups in total. The summed E-state index contributed by atoms with van der Waals surface area (Å²) in [5, 5.41) is 5.38. The van der Waals surface area contributed by atoms with Crippen LogP contribution in [0.1, 0.15) is 6.92 Å². The Hall–Kier alpha value is -2.43. The number of nitrogens with two attached hydrogens (primary N) is 1. The summed E-state index contributed by atoms with van der Waals surface area (Å²) in [6.45, 7) is 4.34. The van der Waals surface area contributed by atoms with Crippen LogP contribution in [0, 0.1) is 0 Å². The molecule has 0 unspecified atom stereocenters. The predicted molar refractivity (Wildman–Crippen MR) is 79.7 cm³/mol. The maximum atomic E-state index is 5.61. The number of fused-ring (bicyclic) bond motifs is 1. The quantitative estimate of drug-likeness (QED) is 0.775. The molecule has 0 spiro atoms. The van der Waals surface area contributed by atoms with E-state index in [-0.39, 0.29) is 0 Å². The molecule has 0 aliphatic heterocycles. The van der Waals surface area contributed by atoms with E-state index in [2.05, 4.69) is 34.1 Å². The van der Waals surface area contributed by atoms with Crippen molar-refractivity contribution < 1.29 is 4.74 Å². The zero-order valence-electron chi connectivity index (χ0n) is 11.5. The number of nitrogen functional groups attached to an aromatic ring is 1. The maximum absolute atomic E-state index is 5.61. The zero-order chi connectivity index (χ0) is 13.9. The average Bonchev–Trinajstić information content (AvgIpc) is 3.03. The fourth-order valence-corrected chi connectivity index (χ4v) is 2.34. The largest absolute Gasteiger partial charge is 0.494 e. The normalized spacial score (nSPS) is 11.1. The van der Waals surface area contributed by atoms with Crippen LogP contribution in [0.3, 0.4) is 0 Å². The molecular formula is C15H18N4O. The van der Waals surface area contributed by atoms with Crippen molar-refractivity contribution in [3.8, 4) is 5.75 Å². The standard InChI is InChI=1S/C15H18N4O/c1-2-20-13-3-4-14-12(11-13)5-7-18(14)9-10-19-8-6-15(16)17-19/h3-8,11H,2,9-10H2,1H3,(H2,16,17). The van der Waals surface area contributed by atoms with Gasteiger partial charge in [0, 0.05) is 29.8 Å². The lowest BCUT2D eigenvalue weighted by molar-refractivity contribution is 0.340. The fraction of sp³-hybridized carbons (Fsp3) is 0.267. The van der Waals surface area contributed by atoms with E-state index in [1.807, 2.05) is 29.9 Å². The van der Waals surface area contributed by atoms with Crippen LogP contribution >= 0.6 is 0 Å². The summed E-state index contributed by atoms with van der Waals surface area (Å²) in [5.41, 5.74) is 6.81. The zero-order valence-corrected chi connectivity index (χ0v) is 11.5. The Bertz CT molecular complexity index is 714. The van der Waals surface area contributed by atoms with Crippen molar-refractivity contribution >= 4 is 16.7 Å². The molecular weight excluding hydrogens is 252 g/mol. The second kappa shape index (κ2) is 5.28. The number of rotatable bonds is 5. The molecule has 20 heavy (non-hydrogen) atoms. The molecule has 0 bridgehead atoms. The number of nitrogens with zero attached hydrogens (tertiary/aromatic N) is 3. The van der Waals surface area contributed by atoms with Gasteiger partial charge in [-0.2, -0.15) is 5.10 Å². The van der Waals surface area contributed by atoms with Crippen molar-refractivity contribution in [1.29, 1.82) is 0 Å². The number of hydrogen-bond acceptors (Lipinski definition) is 3. The SMILES string of the molecule is CCOc1ccc2c(ccn2CCn2ccc(N)n2)c1. The highest BCUT2D eigenvalue weighted by Crippen LogP contribution is 2.22. The van der Waals surface area contributed by atoms with Crippen molar-refractivity contribution in [3.63, 3.8) is 0 Å². The highest BCUT2D eigenvalue weighted by atomic mass is 16.5. The van der Waals surface area contributed by atoms with Crippen LogP contribution in [0.15, 0.2) is 42.7 Å². The Morgan fingerprint density at radius 1 is 1.15 bits per heavy atom. The van der Waals surface area contributed by atoms with Crippen LogP contribution in [0.25, 0.3) is 10.9 Å². The predicted octanol–water partition coefficient (Wildman–Crippen LogP) is 2.52. The molecule has 0 saturated carbocycles. The number of ether oxygens (including phenoxy) is 1. The van der Waals surface area contributed by atoms with Gasteiger partial charge in [-0.15, -0.1) is 0 Å². The van der Waals surface area contributed by atoms with Crippen LogP contribution in [0.4, 0.5) is 5.82 Å². The summed E-state index contributed by atoms with van der Waals surface area (Å²) in [7, 11) is 0. The van der Waals surface area contributed by atoms with Crippen molar-refractivity contribution in [2.75, 3.05) is 12.3 Å². The van der Waals surface area contributed by atoms with Crippen LogP contribution in [-0.4, -0.2) is 21.0 Å². The topological polar surface area (TPSA) is 58.0 Å². The summed E-state index contributed by atoms with van der Waals surface area (Å²) in [4.78, 5) is 0. The molecule has 0 aliphatic rings. The molecule has 5 nitrogen and oxygen atoms in total. The highest BCUT2D eigenvalue weighted by molar-refractivity contribution is 5.81. The van der Waals surface area contributed by atoms with E-state index in [0.717, 1.165) is 18.8 Å². The second-order valence-corrected chi connectivity index (χ2v) is 4.67. The van der Waals surface area contributed by atoms with Crippen LogP contribution in [0.2, 0.25) is 0 Å². The van der Waals surface area contributed by atoms with Gasteiger partial charge < -0.3 is 15.0 Å². The molecule has 0 atom stereocenters. The second-order valence-electron chi connectivity index (χ2n) is 4.67. The van der Waals surface area contributed by atoms with Gasteiger partial charge in [-0.1, -0.05) is 0 Å². The van der Waals surface area contributed by atoms with Crippen molar-refractivity contribution in [3.05, 3.63) is 42.7 Å². The Morgan fingerprint density at radius 2 is 2.05 bits per heavy atom. The van der Waals surface area contributed by atoms with Crippen molar-refractivity contribution in [2.24, 2.45) is 0 Å². The summed E-state index contributed by atoms with van der Waals surface area (Å²) in [6.07, 6.45) is 3.99. The summed E-state index contributed by atoms with van der Waals surface area (Å²) >= 11 is 0. The first-order valence-corrected chi connectivity index (χ1v) is 6.77. The van der Waals surface area contributed by atoms with E-state index in [9.17, 15) is 0 Å². The summed E-state index contributed by atoms with van der Waals surface area (Å²) in [6, 6.07) is 10.1. The number of hydrogen-bond donors (Lipinski definition) is 1. The molecule has 2 aromatic heterocycles. The third kappa shape index (κ3) is 2.47. The lowest BCUT2D eigenvalue weighted by Crippen LogP contribution is -2.07. The van der Waals surface area contributed by atoms with E-state index in [0.29, 0.717) is 12.4 Å². The van der Waals surface area contributed by atoms with Crippen molar-refractivity contribution in [2.45, 2.75) is 20.0 Å². The van der Waals surface area contributed by atoms with Gasteiger partial charge in [0.25, 0.3) is 0 Å². The first-order chi connectivity index (χ1) is 9.76. The molecule has 3 aromatic rings. The van der Waals surface area contributed by atoms with E-state index in [1.165, 1.54) is 10.9 Å². The van der Waals surface area contributed by atoms with E-state index >= 15 is 0 Å².